The monoisotopic (exact) mass is 317 g/mol. The van der Waals surface area contributed by atoms with E-state index >= 15 is 0 Å². The number of hydrogen-bond donors (Lipinski definition) is 2. The summed E-state index contributed by atoms with van der Waals surface area (Å²) in [4.78, 5) is 8.04. The van der Waals surface area contributed by atoms with E-state index in [-0.39, 0.29) is 12.1 Å². The van der Waals surface area contributed by atoms with Gasteiger partial charge in [0.25, 0.3) is 0 Å². The van der Waals surface area contributed by atoms with Crippen LogP contribution in [0.4, 0.5) is 10.2 Å². The second-order valence-electron chi connectivity index (χ2n) is 4.81. The fourth-order valence-corrected chi connectivity index (χ4v) is 2.31. The third kappa shape index (κ3) is 3.00. The molecule has 2 aromatic carbocycles. The molecule has 0 radical (unpaired) electrons. The topological polar surface area (TPSA) is 58.0 Å². The van der Waals surface area contributed by atoms with Crippen LogP contribution in [0.3, 0.4) is 0 Å². The highest BCUT2D eigenvalue weighted by molar-refractivity contribution is 6.30. The van der Waals surface area contributed by atoms with E-state index in [1.165, 1.54) is 12.4 Å². The van der Waals surface area contributed by atoms with Crippen molar-refractivity contribution in [3.8, 4) is 0 Å². The minimum absolute atomic E-state index is 0.240. The number of halogens is 2. The first-order valence-electron chi connectivity index (χ1n) is 6.72. The Morgan fingerprint density at radius 2 is 1.91 bits per heavy atom. The molecule has 2 N–H and O–H groups in total. The van der Waals surface area contributed by atoms with E-state index in [4.69, 9.17) is 11.6 Å². The Morgan fingerprint density at radius 3 is 2.68 bits per heavy atom. The van der Waals surface area contributed by atoms with E-state index in [2.05, 4.69) is 15.3 Å². The van der Waals surface area contributed by atoms with Gasteiger partial charge < -0.3 is 10.4 Å². The second-order valence-corrected chi connectivity index (χ2v) is 5.24. The number of aliphatic hydroxyl groups is 1. The SMILES string of the molecule is OC(CNc1ncnc2c(F)cccc12)c1ccc(Cl)cc1. The van der Waals surface area contributed by atoms with Crippen LogP contribution in [0.15, 0.2) is 48.8 Å². The van der Waals surface area contributed by atoms with Gasteiger partial charge in [-0.15, -0.1) is 0 Å². The Balaban J connectivity index is 1.79. The van der Waals surface area contributed by atoms with Gasteiger partial charge in [0.15, 0.2) is 0 Å². The van der Waals surface area contributed by atoms with Crippen molar-refractivity contribution in [3.05, 3.63) is 65.2 Å². The van der Waals surface area contributed by atoms with Crippen LogP contribution in [0.25, 0.3) is 10.9 Å². The van der Waals surface area contributed by atoms with Gasteiger partial charge in [-0.25, -0.2) is 14.4 Å². The summed E-state index contributed by atoms with van der Waals surface area (Å²) in [5, 5.41) is 14.4. The highest BCUT2D eigenvalue weighted by Crippen LogP contribution is 2.22. The molecule has 4 nitrogen and oxygen atoms in total. The highest BCUT2D eigenvalue weighted by Gasteiger charge is 2.10. The lowest BCUT2D eigenvalue weighted by molar-refractivity contribution is 0.191. The first-order valence-corrected chi connectivity index (χ1v) is 7.09. The molecule has 3 aromatic rings. The van der Waals surface area contributed by atoms with Crippen molar-refractivity contribution < 1.29 is 9.50 Å². The maximum atomic E-state index is 13.7. The average Bonchev–Trinajstić information content (AvgIpc) is 2.54. The molecule has 0 saturated carbocycles. The zero-order chi connectivity index (χ0) is 15.5. The minimum Gasteiger partial charge on any atom is -0.387 e. The maximum Gasteiger partial charge on any atom is 0.149 e. The Labute approximate surface area is 131 Å². The number of rotatable bonds is 4. The summed E-state index contributed by atoms with van der Waals surface area (Å²) in [6.45, 7) is 0.240. The van der Waals surface area contributed by atoms with Crippen molar-refractivity contribution in [1.29, 1.82) is 0 Å². The number of para-hydroxylation sites is 1. The number of fused-ring (bicyclic) bond motifs is 1. The summed E-state index contributed by atoms with van der Waals surface area (Å²) in [6, 6.07) is 11.6. The molecule has 0 amide bonds. The number of aliphatic hydroxyl groups excluding tert-OH is 1. The van der Waals surface area contributed by atoms with Crippen molar-refractivity contribution in [2.45, 2.75) is 6.10 Å². The molecule has 0 aliphatic heterocycles. The Kier molecular flexibility index (Phi) is 4.18. The van der Waals surface area contributed by atoms with E-state index in [0.29, 0.717) is 16.2 Å². The predicted molar refractivity (Wildman–Crippen MR) is 84.4 cm³/mol. The smallest absolute Gasteiger partial charge is 0.149 e. The Bertz CT molecular complexity index is 795. The first-order chi connectivity index (χ1) is 10.6. The summed E-state index contributed by atoms with van der Waals surface area (Å²) in [5.41, 5.74) is 0.988. The van der Waals surface area contributed by atoms with Gasteiger partial charge in [0.2, 0.25) is 0 Å². The molecule has 1 atom stereocenters. The lowest BCUT2D eigenvalue weighted by Crippen LogP contribution is -2.13. The number of nitrogens with one attached hydrogen (secondary N) is 1. The number of benzene rings is 2. The fraction of sp³-hybridized carbons (Fsp3) is 0.125. The lowest BCUT2D eigenvalue weighted by atomic mass is 10.1. The van der Waals surface area contributed by atoms with Gasteiger partial charge >= 0.3 is 0 Å². The maximum absolute atomic E-state index is 13.7. The van der Waals surface area contributed by atoms with Crippen LogP contribution in [0.5, 0.6) is 0 Å². The molecule has 0 bridgehead atoms. The van der Waals surface area contributed by atoms with E-state index in [9.17, 15) is 9.50 Å². The van der Waals surface area contributed by atoms with Gasteiger partial charge in [0.1, 0.15) is 23.5 Å². The molecule has 112 valence electrons. The van der Waals surface area contributed by atoms with Crippen molar-refractivity contribution in [2.24, 2.45) is 0 Å². The third-order valence-electron chi connectivity index (χ3n) is 3.33. The highest BCUT2D eigenvalue weighted by atomic mass is 35.5. The van der Waals surface area contributed by atoms with Crippen LogP contribution in [0.1, 0.15) is 11.7 Å². The molecule has 1 aromatic heterocycles. The van der Waals surface area contributed by atoms with E-state index in [1.807, 2.05) is 0 Å². The van der Waals surface area contributed by atoms with Crippen LogP contribution in [0.2, 0.25) is 5.02 Å². The molecule has 1 unspecified atom stereocenters. The van der Waals surface area contributed by atoms with Crippen LogP contribution in [-0.4, -0.2) is 21.6 Å². The van der Waals surface area contributed by atoms with Gasteiger partial charge in [-0.1, -0.05) is 29.8 Å². The lowest BCUT2D eigenvalue weighted by Gasteiger charge is -2.14. The quantitative estimate of drug-likeness (QED) is 0.772. The van der Waals surface area contributed by atoms with Crippen molar-refractivity contribution >= 4 is 28.3 Å². The fourth-order valence-electron chi connectivity index (χ4n) is 2.19. The van der Waals surface area contributed by atoms with Crippen LogP contribution >= 0.6 is 11.6 Å². The van der Waals surface area contributed by atoms with Crippen LogP contribution < -0.4 is 5.32 Å². The normalized spacial score (nSPS) is 12.3. The van der Waals surface area contributed by atoms with Gasteiger partial charge in [-0.3, -0.25) is 0 Å². The number of hydrogen-bond acceptors (Lipinski definition) is 4. The van der Waals surface area contributed by atoms with Crippen molar-refractivity contribution in [1.82, 2.24) is 9.97 Å². The zero-order valence-corrected chi connectivity index (χ0v) is 12.3. The average molecular weight is 318 g/mol. The van der Waals surface area contributed by atoms with E-state index in [0.717, 1.165) is 5.56 Å². The number of nitrogens with zero attached hydrogens (tertiary/aromatic N) is 2. The molecule has 0 aliphatic carbocycles. The molecule has 1 heterocycles. The second kappa shape index (κ2) is 6.25. The van der Waals surface area contributed by atoms with E-state index < -0.39 is 11.9 Å². The van der Waals surface area contributed by atoms with Crippen LogP contribution in [0, 0.1) is 5.82 Å². The molecule has 0 aliphatic rings. The third-order valence-corrected chi connectivity index (χ3v) is 3.59. The number of aromatic nitrogens is 2. The van der Waals surface area contributed by atoms with Crippen molar-refractivity contribution in [3.63, 3.8) is 0 Å². The molecular formula is C16H13ClFN3O. The summed E-state index contributed by atoms with van der Waals surface area (Å²) >= 11 is 5.82. The predicted octanol–water partition coefficient (Wildman–Crippen LogP) is 3.57. The molecular weight excluding hydrogens is 305 g/mol. The standard InChI is InChI=1S/C16H13ClFN3O/c17-11-6-4-10(5-7-11)14(22)8-19-16-12-2-1-3-13(18)15(12)20-9-21-16/h1-7,9,14,22H,8H2,(H,19,20,21). The van der Waals surface area contributed by atoms with Gasteiger partial charge in [0, 0.05) is 17.0 Å². The van der Waals surface area contributed by atoms with Gasteiger partial charge in [-0.2, -0.15) is 0 Å². The summed E-state index contributed by atoms with van der Waals surface area (Å²) in [7, 11) is 0. The molecule has 0 fully saturated rings. The summed E-state index contributed by atoms with van der Waals surface area (Å²) in [6.07, 6.45) is 0.568. The Hall–Kier alpha value is -2.24. The zero-order valence-electron chi connectivity index (χ0n) is 11.5. The first kappa shape index (κ1) is 14.7. The molecule has 0 saturated heterocycles. The summed E-state index contributed by atoms with van der Waals surface area (Å²) in [5.74, 6) is 0.0821. The molecule has 3 rings (SSSR count). The van der Waals surface area contributed by atoms with Crippen molar-refractivity contribution in [2.75, 3.05) is 11.9 Å². The summed E-state index contributed by atoms with van der Waals surface area (Å²) < 4.78 is 13.7. The Morgan fingerprint density at radius 1 is 1.14 bits per heavy atom. The molecule has 6 heteroatoms. The van der Waals surface area contributed by atoms with Gasteiger partial charge in [0.05, 0.1) is 6.10 Å². The molecule has 22 heavy (non-hydrogen) atoms. The minimum atomic E-state index is -0.726. The van der Waals surface area contributed by atoms with Crippen LogP contribution in [-0.2, 0) is 0 Å². The molecule has 0 spiro atoms. The van der Waals surface area contributed by atoms with Gasteiger partial charge in [-0.05, 0) is 29.8 Å². The largest absolute Gasteiger partial charge is 0.387 e. The van der Waals surface area contributed by atoms with E-state index in [1.54, 1.807) is 36.4 Å². The number of anilines is 1.